The number of hydrogen-bond acceptors (Lipinski definition) is 2. The average molecular weight is 287 g/mol. The minimum atomic E-state index is 0.691. The summed E-state index contributed by atoms with van der Waals surface area (Å²) in [6, 6.07) is 13.8. The number of methoxy groups -OCH3 is 1. The van der Waals surface area contributed by atoms with Gasteiger partial charge in [-0.1, -0.05) is 23.7 Å². The van der Waals surface area contributed by atoms with Gasteiger partial charge in [-0.3, -0.25) is 0 Å². The summed E-state index contributed by atoms with van der Waals surface area (Å²) >= 11 is 6.09. The van der Waals surface area contributed by atoms with E-state index in [0.29, 0.717) is 11.6 Å². The predicted octanol–water partition coefficient (Wildman–Crippen LogP) is 4.06. The lowest BCUT2D eigenvalue weighted by Crippen LogP contribution is -2.03. The third kappa shape index (κ3) is 2.25. The minimum absolute atomic E-state index is 0.691. The van der Waals surface area contributed by atoms with Crippen molar-refractivity contribution in [2.24, 2.45) is 0 Å². The number of nitrogens with zero attached hydrogens (tertiary/aromatic N) is 2. The van der Waals surface area contributed by atoms with E-state index in [1.165, 1.54) is 0 Å². The lowest BCUT2D eigenvalue weighted by Gasteiger charge is -2.11. The van der Waals surface area contributed by atoms with Gasteiger partial charge in [0.25, 0.3) is 0 Å². The van der Waals surface area contributed by atoms with E-state index in [0.717, 1.165) is 28.2 Å². The van der Waals surface area contributed by atoms with E-state index in [9.17, 15) is 0 Å². The molecule has 20 heavy (non-hydrogen) atoms. The van der Waals surface area contributed by atoms with E-state index < -0.39 is 0 Å². The van der Waals surface area contributed by atoms with Crippen molar-refractivity contribution in [1.29, 1.82) is 0 Å². The number of aromatic nitrogens is 2. The van der Waals surface area contributed by atoms with E-state index in [1.807, 2.05) is 43.3 Å². The van der Waals surface area contributed by atoms with Gasteiger partial charge in [0.15, 0.2) is 0 Å². The highest BCUT2D eigenvalue weighted by Gasteiger charge is 2.10. The average Bonchev–Trinajstić information content (AvgIpc) is 2.76. The topological polar surface area (TPSA) is 27.1 Å². The molecule has 0 atom stereocenters. The Hall–Kier alpha value is -2.00. The van der Waals surface area contributed by atoms with Crippen molar-refractivity contribution in [2.45, 2.75) is 13.5 Å². The summed E-state index contributed by atoms with van der Waals surface area (Å²) in [7, 11) is 1.67. The van der Waals surface area contributed by atoms with Gasteiger partial charge in [0, 0.05) is 10.6 Å². The first-order valence-electron chi connectivity index (χ1n) is 6.43. The third-order valence-corrected chi connectivity index (χ3v) is 3.65. The van der Waals surface area contributed by atoms with Gasteiger partial charge in [-0.05, 0) is 37.3 Å². The summed E-state index contributed by atoms with van der Waals surface area (Å²) in [4.78, 5) is 4.58. The molecule has 0 saturated heterocycles. The van der Waals surface area contributed by atoms with Crippen LogP contribution in [0.4, 0.5) is 0 Å². The third-order valence-electron chi connectivity index (χ3n) is 3.42. The van der Waals surface area contributed by atoms with Crippen LogP contribution in [0.3, 0.4) is 0 Å². The molecule has 1 aromatic heterocycles. The molecule has 0 bridgehead atoms. The largest absolute Gasteiger partial charge is 0.496 e. The monoisotopic (exact) mass is 286 g/mol. The van der Waals surface area contributed by atoms with Crippen LogP contribution in [0.25, 0.3) is 11.0 Å². The van der Waals surface area contributed by atoms with E-state index in [2.05, 4.69) is 15.6 Å². The molecule has 0 aliphatic heterocycles. The van der Waals surface area contributed by atoms with E-state index in [4.69, 9.17) is 16.3 Å². The smallest absolute Gasteiger partial charge is 0.123 e. The van der Waals surface area contributed by atoms with Crippen molar-refractivity contribution >= 4 is 22.6 Å². The number of rotatable bonds is 3. The fourth-order valence-corrected chi connectivity index (χ4v) is 2.63. The van der Waals surface area contributed by atoms with E-state index in [-0.39, 0.29) is 0 Å². The maximum Gasteiger partial charge on any atom is 0.123 e. The molecule has 1 heterocycles. The predicted molar refractivity (Wildman–Crippen MR) is 81.6 cm³/mol. The summed E-state index contributed by atoms with van der Waals surface area (Å²) < 4.78 is 7.58. The molecule has 0 radical (unpaired) electrons. The Labute approximate surface area is 122 Å². The molecule has 0 amide bonds. The zero-order valence-electron chi connectivity index (χ0n) is 11.4. The SMILES string of the molecule is COc1ccc(Cl)cc1Cn1c(C)nc2ccccc21. The number of benzene rings is 2. The molecule has 3 nitrogen and oxygen atoms in total. The van der Waals surface area contributed by atoms with Crippen molar-refractivity contribution in [1.82, 2.24) is 9.55 Å². The Morgan fingerprint density at radius 2 is 2.00 bits per heavy atom. The highest BCUT2D eigenvalue weighted by molar-refractivity contribution is 6.30. The molecular formula is C16H15ClN2O. The molecule has 0 aliphatic rings. The number of aryl methyl sites for hydroxylation is 1. The lowest BCUT2D eigenvalue weighted by molar-refractivity contribution is 0.408. The highest BCUT2D eigenvalue weighted by Crippen LogP contribution is 2.25. The van der Waals surface area contributed by atoms with Crippen LogP contribution in [0.15, 0.2) is 42.5 Å². The Morgan fingerprint density at radius 3 is 2.80 bits per heavy atom. The second kappa shape index (κ2) is 5.17. The van der Waals surface area contributed by atoms with Crippen LogP contribution in [-0.2, 0) is 6.54 Å². The standard InChI is InChI=1S/C16H15ClN2O/c1-11-18-14-5-3-4-6-15(14)19(11)10-12-9-13(17)7-8-16(12)20-2/h3-9H,10H2,1-2H3. The Bertz CT molecular complexity index is 764. The normalized spacial score (nSPS) is 10.9. The van der Waals surface area contributed by atoms with Crippen LogP contribution >= 0.6 is 11.6 Å². The van der Waals surface area contributed by atoms with Crippen molar-refractivity contribution < 1.29 is 4.74 Å². The summed E-state index contributed by atoms with van der Waals surface area (Å²) in [6.07, 6.45) is 0. The second-order valence-electron chi connectivity index (χ2n) is 4.69. The first-order valence-corrected chi connectivity index (χ1v) is 6.81. The zero-order chi connectivity index (χ0) is 14.1. The molecular weight excluding hydrogens is 272 g/mol. The Balaban J connectivity index is 2.09. The molecule has 0 saturated carbocycles. The summed E-state index contributed by atoms with van der Waals surface area (Å²) in [6.45, 7) is 2.70. The summed E-state index contributed by atoms with van der Waals surface area (Å²) in [5, 5.41) is 0.711. The Kier molecular flexibility index (Phi) is 3.36. The van der Waals surface area contributed by atoms with Crippen molar-refractivity contribution in [3.05, 3.63) is 58.9 Å². The van der Waals surface area contributed by atoms with Crippen molar-refractivity contribution in [3.8, 4) is 5.75 Å². The molecule has 0 spiro atoms. The lowest BCUT2D eigenvalue weighted by atomic mass is 10.2. The first kappa shape index (κ1) is 13.0. The molecule has 3 rings (SSSR count). The van der Waals surface area contributed by atoms with Crippen LogP contribution < -0.4 is 4.74 Å². The molecule has 2 aromatic carbocycles. The fourth-order valence-electron chi connectivity index (χ4n) is 2.44. The van der Waals surface area contributed by atoms with E-state index in [1.54, 1.807) is 7.11 Å². The maximum absolute atomic E-state index is 6.09. The Morgan fingerprint density at radius 1 is 1.20 bits per heavy atom. The van der Waals surface area contributed by atoms with Crippen molar-refractivity contribution in [3.63, 3.8) is 0 Å². The molecule has 0 N–H and O–H groups in total. The number of ether oxygens (including phenoxy) is 1. The van der Waals surface area contributed by atoms with Crippen molar-refractivity contribution in [2.75, 3.05) is 7.11 Å². The van der Waals surface area contributed by atoms with Gasteiger partial charge in [-0.25, -0.2) is 4.98 Å². The molecule has 4 heteroatoms. The van der Waals surface area contributed by atoms with Gasteiger partial charge >= 0.3 is 0 Å². The van der Waals surface area contributed by atoms with Gasteiger partial charge in [0.05, 0.1) is 24.7 Å². The van der Waals surface area contributed by atoms with Crippen LogP contribution in [0, 0.1) is 6.92 Å². The molecule has 0 aliphatic carbocycles. The highest BCUT2D eigenvalue weighted by atomic mass is 35.5. The van der Waals surface area contributed by atoms with Gasteiger partial charge in [-0.2, -0.15) is 0 Å². The minimum Gasteiger partial charge on any atom is -0.496 e. The second-order valence-corrected chi connectivity index (χ2v) is 5.13. The fraction of sp³-hybridized carbons (Fsp3) is 0.188. The van der Waals surface area contributed by atoms with Gasteiger partial charge in [-0.15, -0.1) is 0 Å². The van der Waals surface area contributed by atoms with Gasteiger partial charge < -0.3 is 9.30 Å². The zero-order valence-corrected chi connectivity index (χ0v) is 12.2. The number of hydrogen-bond donors (Lipinski definition) is 0. The maximum atomic E-state index is 6.09. The first-order chi connectivity index (χ1) is 9.69. The summed E-state index contributed by atoms with van der Waals surface area (Å²) in [5.41, 5.74) is 3.17. The van der Waals surface area contributed by atoms with Crippen LogP contribution in [0.2, 0.25) is 5.02 Å². The quantitative estimate of drug-likeness (QED) is 0.726. The number of fused-ring (bicyclic) bond motifs is 1. The summed E-state index contributed by atoms with van der Waals surface area (Å²) in [5.74, 6) is 1.82. The number of imidazole rings is 1. The van der Waals surface area contributed by atoms with E-state index >= 15 is 0 Å². The number of para-hydroxylation sites is 2. The molecule has 0 unspecified atom stereocenters. The van der Waals surface area contributed by atoms with Crippen LogP contribution in [0.5, 0.6) is 5.75 Å². The van der Waals surface area contributed by atoms with Gasteiger partial charge in [0.1, 0.15) is 11.6 Å². The van der Waals surface area contributed by atoms with Crippen LogP contribution in [-0.4, -0.2) is 16.7 Å². The number of halogens is 1. The molecule has 0 fully saturated rings. The molecule has 3 aromatic rings. The molecule has 102 valence electrons. The van der Waals surface area contributed by atoms with Gasteiger partial charge in [0.2, 0.25) is 0 Å². The van der Waals surface area contributed by atoms with Crippen LogP contribution in [0.1, 0.15) is 11.4 Å².